The summed E-state index contributed by atoms with van der Waals surface area (Å²) in [7, 11) is -4.24. The maximum atomic E-state index is 14.0. The van der Waals surface area contributed by atoms with E-state index < -0.39 is 20.2 Å². The van der Waals surface area contributed by atoms with Crippen LogP contribution in [-0.2, 0) is 26.7 Å². The van der Waals surface area contributed by atoms with E-state index in [-0.39, 0.29) is 42.5 Å². The van der Waals surface area contributed by atoms with Crippen LogP contribution in [0.1, 0.15) is 42.9 Å². The minimum Gasteiger partial charge on any atom is -0.296 e. The highest BCUT2D eigenvalue weighted by atomic mass is 32.2. The summed E-state index contributed by atoms with van der Waals surface area (Å²) in [5, 5.41) is 0. The predicted molar refractivity (Wildman–Crippen MR) is 121 cm³/mol. The number of hydrogen-bond donors (Lipinski definition) is 1. The summed E-state index contributed by atoms with van der Waals surface area (Å²) in [6, 6.07) is 4.92. The van der Waals surface area contributed by atoms with Crippen LogP contribution in [-0.4, -0.2) is 82.4 Å². The van der Waals surface area contributed by atoms with Gasteiger partial charge in [-0.2, -0.15) is 17.0 Å². The smallest absolute Gasteiger partial charge is 0.278 e. The zero-order valence-electron chi connectivity index (χ0n) is 18.7. The first kappa shape index (κ1) is 24.0. The van der Waals surface area contributed by atoms with Crippen LogP contribution in [0, 0.1) is 11.7 Å². The molecule has 3 atom stereocenters. The third-order valence-corrected chi connectivity index (χ3v) is 10.6. The Kier molecular flexibility index (Phi) is 6.96. The van der Waals surface area contributed by atoms with Gasteiger partial charge >= 0.3 is 0 Å². The molecule has 0 aromatic heterocycles. The molecule has 2 fully saturated rings. The average molecular weight is 489 g/mol. The standard InChI is InChI=1S/C21H33FN4O4S2/c1-24(2)32(29,30)23-9-4-12-31(27,28)26-10-3-5-17-15-25-11-8-16-6-7-18(22)13-19(16)21(25)14-20(17)26/h6-7,13,17,20-21,23H,3-5,8-12,14-15H2,1-2H3/t17-,20+,21-/m0/s1. The van der Waals surface area contributed by atoms with Crippen molar-refractivity contribution in [2.24, 2.45) is 5.92 Å². The van der Waals surface area contributed by atoms with Gasteiger partial charge in [0.2, 0.25) is 10.0 Å². The summed E-state index contributed by atoms with van der Waals surface area (Å²) in [5.74, 6) is -0.0654. The van der Waals surface area contributed by atoms with Gasteiger partial charge in [0.05, 0.1) is 5.75 Å². The molecule has 8 nitrogen and oxygen atoms in total. The van der Waals surface area contributed by atoms with E-state index in [1.807, 2.05) is 6.07 Å². The maximum Gasteiger partial charge on any atom is 0.278 e. The first-order valence-electron chi connectivity index (χ1n) is 11.3. The summed E-state index contributed by atoms with van der Waals surface area (Å²) in [6.07, 6.45) is 3.62. The van der Waals surface area contributed by atoms with Crippen molar-refractivity contribution in [1.82, 2.24) is 18.2 Å². The van der Waals surface area contributed by atoms with Gasteiger partial charge in [-0.15, -0.1) is 0 Å². The normalized spacial score (nSPS) is 27.1. The molecule has 11 heteroatoms. The van der Waals surface area contributed by atoms with Gasteiger partial charge < -0.3 is 0 Å². The molecule has 0 bridgehead atoms. The molecule has 180 valence electrons. The van der Waals surface area contributed by atoms with Crippen molar-refractivity contribution in [3.05, 3.63) is 35.1 Å². The lowest BCUT2D eigenvalue weighted by molar-refractivity contribution is 0.0218. The summed E-state index contributed by atoms with van der Waals surface area (Å²) in [5.41, 5.74) is 2.15. The Labute approximate surface area is 191 Å². The van der Waals surface area contributed by atoms with Crippen LogP contribution in [0.5, 0.6) is 0 Å². The summed E-state index contributed by atoms with van der Waals surface area (Å²) in [4.78, 5) is 2.40. The van der Waals surface area contributed by atoms with Crippen LogP contribution in [0.4, 0.5) is 4.39 Å². The van der Waals surface area contributed by atoms with Gasteiger partial charge in [0, 0.05) is 52.4 Å². The van der Waals surface area contributed by atoms with Crippen LogP contribution in [0.15, 0.2) is 18.2 Å². The third kappa shape index (κ3) is 4.88. The second-order valence-corrected chi connectivity index (χ2v) is 13.3. The fourth-order valence-corrected chi connectivity index (χ4v) is 7.90. The fourth-order valence-electron chi connectivity index (χ4n) is 5.42. The minimum absolute atomic E-state index is 0.0402. The number of piperidine rings is 2. The number of hydrogen-bond acceptors (Lipinski definition) is 5. The quantitative estimate of drug-likeness (QED) is 0.585. The number of halogens is 1. The van der Waals surface area contributed by atoms with E-state index in [9.17, 15) is 21.2 Å². The van der Waals surface area contributed by atoms with Crippen LogP contribution < -0.4 is 4.72 Å². The molecule has 1 N–H and O–H groups in total. The number of nitrogens with zero attached hydrogens (tertiary/aromatic N) is 3. The molecule has 0 aliphatic carbocycles. The largest absolute Gasteiger partial charge is 0.296 e. The first-order chi connectivity index (χ1) is 15.1. The van der Waals surface area contributed by atoms with E-state index in [4.69, 9.17) is 0 Å². The Balaban J connectivity index is 1.46. The van der Waals surface area contributed by atoms with Gasteiger partial charge in [-0.1, -0.05) is 6.07 Å². The zero-order chi connectivity index (χ0) is 23.1. The molecule has 0 spiro atoms. The van der Waals surface area contributed by atoms with E-state index >= 15 is 0 Å². The lowest BCUT2D eigenvalue weighted by Gasteiger charge is -2.51. The molecule has 0 radical (unpaired) electrons. The van der Waals surface area contributed by atoms with E-state index in [1.54, 1.807) is 10.4 Å². The predicted octanol–water partition coefficient (Wildman–Crippen LogP) is 1.33. The molecule has 2 saturated heterocycles. The Bertz CT molecular complexity index is 1050. The van der Waals surface area contributed by atoms with Crippen molar-refractivity contribution in [2.45, 2.75) is 44.2 Å². The molecular formula is C21H33FN4O4S2. The number of benzene rings is 1. The van der Waals surface area contributed by atoms with Crippen LogP contribution >= 0.6 is 0 Å². The molecule has 0 saturated carbocycles. The van der Waals surface area contributed by atoms with Gasteiger partial charge in [-0.3, -0.25) is 4.90 Å². The summed E-state index contributed by atoms with van der Waals surface area (Å²) in [6.45, 7) is 2.33. The fraction of sp³-hybridized carbons (Fsp3) is 0.714. The van der Waals surface area contributed by atoms with Gasteiger partial charge in [0.1, 0.15) is 5.82 Å². The van der Waals surface area contributed by atoms with E-state index in [0.29, 0.717) is 13.0 Å². The Morgan fingerprint density at radius 2 is 1.97 bits per heavy atom. The number of rotatable bonds is 7. The van der Waals surface area contributed by atoms with Crippen molar-refractivity contribution in [3.8, 4) is 0 Å². The lowest BCUT2D eigenvalue weighted by atomic mass is 9.77. The van der Waals surface area contributed by atoms with Crippen molar-refractivity contribution >= 4 is 20.2 Å². The molecule has 0 amide bonds. The molecule has 4 rings (SSSR count). The van der Waals surface area contributed by atoms with Crippen LogP contribution in [0.2, 0.25) is 0 Å². The molecule has 0 unspecified atom stereocenters. The highest BCUT2D eigenvalue weighted by Crippen LogP contribution is 2.43. The van der Waals surface area contributed by atoms with Gasteiger partial charge in [0.15, 0.2) is 0 Å². The van der Waals surface area contributed by atoms with Gasteiger partial charge in [0.25, 0.3) is 10.2 Å². The second kappa shape index (κ2) is 9.27. The zero-order valence-corrected chi connectivity index (χ0v) is 20.3. The highest BCUT2D eigenvalue weighted by Gasteiger charge is 2.45. The molecule has 1 aromatic carbocycles. The van der Waals surface area contributed by atoms with Crippen molar-refractivity contribution in [1.29, 1.82) is 0 Å². The number of sulfonamides is 1. The topological polar surface area (TPSA) is 90.0 Å². The minimum atomic E-state index is -3.57. The molecular weight excluding hydrogens is 455 g/mol. The van der Waals surface area contributed by atoms with E-state index in [1.165, 1.54) is 20.2 Å². The van der Waals surface area contributed by atoms with Crippen molar-refractivity contribution < 1.29 is 21.2 Å². The first-order valence-corrected chi connectivity index (χ1v) is 14.3. The molecule has 3 heterocycles. The molecule has 3 aliphatic heterocycles. The van der Waals surface area contributed by atoms with Gasteiger partial charge in [-0.25, -0.2) is 17.5 Å². The summed E-state index contributed by atoms with van der Waals surface area (Å²) < 4.78 is 69.2. The second-order valence-electron chi connectivity index (χ2n) is 9.27. The SMILES string of the molecule is CN(C)S(=O)(=O)NCCCS(=O)(=O)N1CCC[C@H]2CN3CCc4ccc(F)cc4[C@@H]3C[C@H]21. The van der Waals surface area contributed by atoms with Gasteiger partial charge in [-0.05, 0) is 61.3 Å². The van der Waals surface area contributed by atoms with Crippen LogP contribution in [0.3, 0.4) is 0 Å². The van der Waals surface area contributed by atoms with E-state index in [2.05, 4.69) is 9.62 Å². The summed E-state index contributed by atoms with van der Waals surface area (Å²) >= 11 is 0. The number of fused-ring (bicyclic) bond motifs is 4. The third-order valence-electron chi connectivity index (χ3n) is 7.08. The van der Waals surface area contributed by atoms with Crippen molar-refractivity contribution in [2.75, 3.05) is 46.0 Å². The molecule has 1 aromatic rings. The molecule has 3 aliphatic rings. The Morgan fingerprint density at radius 3 is 2.72 bits per heavy atom. The highest BCUT2D eigenvalue weighted by molar-refractivity contribution is 7.89. The van der Waals surface area contributed by atoms with E-state index in [0.717, 1.165) is 47.8 Å². The average Bonchev–Trinajstić information content (AvgIpc) is 2.74. The maximum absolute atomic E-state index is 14.0. The van der Waals surface area contributed by atoms with Crippen molar-refractivity contribution in [3.63, 3.8) is 0 Å². The molecule has 32 heavy (non-hydrogen) atoms. The Morgan fingerprint density at radius 1 is 1.19 bits per heavy atom. The Hall–Kier alpha value is -1.11. The monoisotopic (exact) mass is 488 g/mol. The lowest BCUT2D eigenvalue weighted by Crippen LogP contribution is -2.57. The van der Waals surface area contributed by atoms with Crippen LogP contribution in [0.25, 0.3) is 0 Å². The number of nitrogens with one attached hydrogen (secondary N) is 1.